The molecule has 0 aliphatic carbocycles. The number of rotatable bonds is 7. The van der Waals surface area contributed by atoms with E-state index in [0.717, 1.165) is 61.5 Å². The molecule has 0 spiro atoms. The van der Waals surface area contributed by atoms with Gasteiger partial charge in [-0.2, -0.15) is 0 Å². The molecule has 4 rings (SSSR count). The maximum Gasteiger partial charge on any atom is 0.253 e. The smallest absolute Gasteiger partial charge is 0.253 e. The van der Waals surface area contributed by atoms with E-state index in [-0.39, 0.29) is 18.0 Å². The zero-order valence-corrected chi connectivity index (χ0v) is 20.8. The van der Waals surface area contributed by atoms with Crippen LogP contribution in [0.25, 0.3) is 0 Å². The quantitative estimate of drug-likeness (QED) is 0.497. The number of hydrogen-bond donors (Lipinski definition) is 2. The van der Waals surface area contributed by atoms with Crippen LogP contribution in [-0.2, 0) is 13.0 Å². The van der Waals surface area contributed by atoms with Crippen molar-refractivity contribution in [2.75, 3.05) is 18.0 Å². The molecule has 1 fully saturated rings. The number of hydrogen-bond acceptors (Lipinski definition) is 6. The van der Waals surface area contributed by atoms with E-state index in [2.05, 4.69) is 31.2 Å². The first kappa shape index (κ1) is 23.9. The number of piperidine rings is 1. The summed E-state index contributed by atoms with van der Waals surface area (Å²) in [4.78, 5) is 39.9. The first-order valence-electron chi connectivity index (χ1n) is 11.7. The highest BCUT2D eigenvalue weighted by Gasteiger charge is 2.17. The van der Waals surface area contributed by atoms with Gasteiger partial charge in [0, 0.05) is 53.5 Å². The molecule has 4 heterocycles. The van der Waals surface area contributed by atoms with E-state index >= 15 is 0 Å². The van der Waals surface area contributed by atoms with E-state index < -0.39 is 0 Å². The lowest BCUT2D eigenvalue weighted by Gasteiger charge is -2.28. The van der Waals surface area contributed by atoms with Gasteiger partial charge in [0.1, 0.15) is 0 Å². The van der Waals surface area contributed by atoms with E-state index in [1.165, 1.54) is 10.5 Å². The van der Waals surface area contributed by atoms with Crippen LogP contribution in [0.4, 0.5) is 5.95 Å². The fraction of sp³-hybridized carbons (Fsp3) is 0.385. The average molecular weight is 478 g/mol. The second-order valence-corrected chi connectivity index (χ2v) is 9.72. The van der Waals surface area contributed by atoms with E-state index in [1.807, 2.05) is 38.3 Å². The van der Waals surface area contributed by atoms with Gasteiger partial charge in [-0.3, -0.25) is 9.59 Å². The van der Waals surface area contributed by atoms with Crippen LogP contribution in [0.3, 0.4) is 0 Å². The zero-order chi connectivity index (χ0) is 24.1. The molecule has 0 unspecified atom stereocenters. The maximum atomic E-state index is 12.8. The minimum atomic E-state index is -0.143. The first-order chi connectivity index (χ1) is 16.4. The summed E-state index contributed by atoms with van der Waals surface area (Å²) in [6.45, 7) is 7.87. The predicted molar refractivity (Wildman–Crippen MR) is 137 cm³/mol. The summed E-state index contributed by atoms with van der Waals surface area (Å²) >= 11 is 1.64. The van der Waals surface area contributed by atoms with Gasteiger partial charge >= 0.3 is 0 Å². The average Bonchev–Trinajstić information content (AvgIpc) is 3.19. The van der Waals surface area contributed by atoms with Crippen molar-refractivity contribution >= 4 is 23.2 Å². The number of aromatic nitrogens is 3. The Labute approximate surface area is 204 Å². The summed E-state index contributed by atoms with van der Waals surface area (Å²) in [5.41, 5.74) is 5.38. The van der Waals surface area contributed by atoms with Crippen molar-refractivity contribution in [2.24, 2.45) is 0 Å². The molecule has 0 radical (unpaired) electrons. The van der Waals surface area contributed by atoms with Crippen molar-refractivity contribution in [1.82, 2.24) is 20.3 Å². The normalized spacial score (nSPS) is 13.7. The summed E-state index contributed by atoms with van der Waals surface area (Å²) in [7, 11) is 0. The van der Waals surface area contributed by atoms with E-state index in [9.17, 15) is 9.59 Å². The van der Waals surface area contributed by atoms with E-state index in [4.69, 9.17) is 0 Å². The minimum absolute atomic E-state index is 0.131. The molecule has 3 aromatic heterocycles. The molecule has 1 saturated heterocycles. The standard InChI is InChI=1S/C26H31N5O2S/c1-17-14-18(2)30-25(33)21(17)15-29-24(32)22-16-34-23(19(22)3)7-4-6-20-8-12-31(13-9-20)26-27-10-5-11-28-26/h5-6,10-11,14,16H,4,7-9,12-13,15H2,1-3H3,(H,29,32)(H,30,33). The number of H-pyrrole nitrogens is 1. The Morgan fingerprint density at radius 1 is 1.21 bits per heavy atom. The molecule has 8 heteroatoms. The minimum Gasteiger partial charge on any atom is -0.348 e. The number of nitrogens with one attached hydrogen (secondary N) is 2. The topological polar surface area (TPSA) is 91.0 Å². The number of anilines is 1. The van der Waals surface area contributed by atoms with Gasteiger partial charge < -0.3 is 15.2 Å². The predicted octanol–water partition coefficient (Wildman–Crippen LogP) is 4.24. The SMILES string of the molecule is Cc1cc(C)c(CNC(=O)c2csc(CCC=C3CCN(c4ncccn4)CC3)c2C)c(=O)[nH]1. The number of nitrogens with zero attached hydrogens (tertiary/aromatic N) is 3. The summed E-state index contributed by atoms with van der Waals surface area (Å²) in [6.07, 6.45) is 9.89. The Balaban J connectivity index is 1.29. The third-order valence-corrected chi connectivity index (χ3v) is 7.50. The Morgan fingerprint density at radius 2 is 1.94 bits per heavy atom. The monoisotopic (exact) mass is 477 g/mol. The highest BCUT2D eigenvalue weighted by Crippen LogP contribution is 2.25. The third-order valence-electron chi connectivity index (χ3n) is 6.35. The molecule has 1 aliphatic heterocycles. The van der Waals surface area contributed by atoms with Gasteiger partial charge in [-0.15, -0.1) is 11.3 Å². The van der Waals surface area contributed by atoms with Gasteiger partial charge in [-0.25, -0.2) is 9.97 Å². The first-order valence-corrected chi connectivity index (χ1v) is 12.5. The van der Waals surface area contributed by atoms with Crippen molar-refractivity contribution < 1.29 is 4.79 Å². The van der Waals surface area contributed by atoms with Crippen LogP contribution >= 0.6 is 11.3 Å². The van der Waals surface area contributed by atoms with Crippen molar-refractivity contribution in [1.29, 1.82) is 0 Å². The summed E-state index contributed by atoms with van der Waals surface area (Å²) < 4.78 is 0. The van der Waals surface area contributed by atoms with E-state index in [1.54, 1.807) is 23.7 Å². The lowest BCUT2D eigenvalue weighted by atomic mass is 10.0. The van der Waals surface area contributed by atoms with Crippen LogP contribution in [0.15, 0.2) is 46.4 Å². The van der Waals surface area contributed by atoms with Gasteiger partial charge in [-0.05, 0) is 69.7 Å². The molecule has 178 valence electrons. The second kappa shape index (κ2) is 10.8. The van der Waals surface area contributed by atoms with Crippen LogP contribution in [0.5, 0.6) is 0 Å². The second-order valence-electron chi connectivity index (χ2n) is 8.76. The Hall–Kier alpha value is -3.26. The van der Waals surface area contributed by atoms with Gasteiger partial charge in [0.2, 0.25) is 5.95 Å². The van der Waals surface area contributed by atoms with Crippen LogP contribution in [0.1, 0.15) is 56.9 Å². The molecule has 3 aromatic rings. The van der Waals surface area contributed by atoms with E-state index in [0.29, 0.717) is 11.1 Å². The van der Waals surface area contributed by atoms with Crippen molar-refractivity contribution in [3.05, 3.63) is 84.7 Å². The Morgan fingerprint density at radius 3 is 2.65 bits per heavy atom. The largest absolute Gasteiger partial charge is 0.348 e. The third kappa shape index (κ3) is 5.62. The van der Waals surface area contributed by atoms with Gasteiger partial charge in [0.05, 0.1) is 5.56 Å². The molecule has 1 amide bonds. The lowest BCUT2D eigenvalue weighted by molar-refractivity contribution is 0.0950. The van der Waals surface area contributed by atoms with Crippen LogP contribution in [0, 0.1) is 20.8 Å². The molecule has 7 nitrogen and oxygen atoms in total. The number of aromatic amines is 1. The number of pyridine rings is 1. The van der Waals surface area contributed by atoms with Crippen LogP contribution in [0.2, 0.25) is 0 Å². The number of carbonyl (C=O) groups excluding carboxylic acids is 1. The van der Waals surface area contributed by atoms with Gasteiger partial charge in [0.15, 0.2) is 0 Å². The molecule has 1 aliphatic rings. The van der Waals surface area contributed by atoms with Gasteiger partial charge in [-0.1, -0.05) is 11.6 Å². The lowest BCUT2D eigenvalue weighted by Crippen LogP contribution is -2.31. The summed E-state index contributed by atoms with van der Waals surface area (Å²) in [5.74, 6) is 0.678. The van der Waals surface area contributed by atoms with Crippen LogP contribution in [-0.4, -0.2) is 33.9 Å². The molecule has 0 atom stereocenters. The zero-order valence-electron chi connectivity index (χ0n) is 20.0. The van der Waals surface area contributed by atoms with Crippen molar-refractivity contribution in [2.45, 2.75) is 53.0 Å². The molecule has 0 saturated carbocycles. The molecule has 0 bridgehead atoms. The highest BCUT2D eigenvalue weighted by atomic mass is 32.1. The Kier molecular flexibility index (Phi) is 7.57. The molecule has 34 heavy (non-hydrogen) atoms. The number of thiophene rings is 1. The van der Waals surface area contributed by atoms with Gasteiger partial charge in [0.25, 0.3) is 11.5 Å². The van der Waals surface area contributed by atoms with Crippen molar-refractivity contribution in [3.8, 4) is 0 Å². The molecular weight excluding hydrogens is 446 g/mol. The number of allylic oxidation sites excluding steroid dienone is 1. The molecule has 2 N–H and O–H groups in total. The molecular formula is C26H31N5O2S. The number of amides is 1. The number of aryl methyl sites for hydroxylation is 3. The fourth-order valence-corrected chi connectivity index (χ4v) is 5.42. The van der Waals surface area contributed by atoms with Crippen molar-refractivity contribution in [3.63, 3.8) is 0 Å². The summed E-state index contributed by atoms with van der Waals surface area (Å²) in [5, 5.41) is 4.85. The summed E-state index contributed by atoms with van der Waals surface area (Å²) in [6, 6.07) is 3.76. The number of carbonyl (C=O) groups is 1. The molecule has 0 aromatic carbocycles. The Bertz CT molecular complexity index is 1240. The van der Waals surface area contributed by atoms with Crippen LogP contribution < -0.4 is 15.8 Å². The highest BCUT2D eigenvalue weighted by molar-refractivity contribution is 7.10. The fourth-order valence-electron chi connectivity index (χ4n) is 4.35. The maximum absolute atomic E-state index is 12.8.